The van der Waals surface area contributed by atoms with Crippen LogP contribution in [0, 0.1) is 35.0 Å². The van der Waals surface area contributed by atoms with Crippen molar-refractivity contribution in [3.63, 3.8) is 0 Å². The van der Waals surface area contributed by atoms with Crippen LogP contribution in [0.4, 0.5) is 22.0 Å². The summed E-state index contributed by atoms with van der Waals surface area (Å²) < 4.78 is 82.3. The maximum absolute atomic E-state index is 14.1. The molecule has 1 aliphatic rings. The smallest absolute Gasteiger partial charge is 0.257 e. The third kappa shape index (κ3) is 8.18. The fourth-order valence-electron chi connectivity index (χ4n) is 6.52. The van der Waals surface area contributed by atoms with Crippen LogP contribution in [0.25, 0.3) is 11.1 Å². The zero-order chi connectivity index (χ0) is 37.8. The fourth-order valence-corrected chi connectivity index (χ4v) is 6.52. The van der Waals surface area contributed by atoms with E-state index in [1.165, 1.54) is 5.56 Å². The predicted octanol–water partition coefficient (Wildman–Crippen LogP) is 8.96. The number of likely N-dealkylation sites (N-methyl/N-ethyl adjacent to an activating group) is 1. The SMILES string of the molecule is C[C@H]1[C@@H](CN(C)[C@@H](C)c2ccccc2)O[C@@H](c2ccc(-c3cccc(CNC(=O)c4c(F)c(F)c(F)c(F)c4F)c3)cc2)O[C@H]1c1ccc(CO)cc1. The molecule has 6 nitrogen and oxygen atoms in total. The summed E-state index contributed by atoms with van der Waals surface area (Å²) in [7, 11) is 2.08. The molecule has 5 atom stereocenters. The maximum Gasteiger partial charge on any atom is 0.257 e. The van der Waals surface area contributed by atoms with Gasteiger partial charge in [-0.05, 0) is 53.4 Å². The number of carbonyl (C=O) groups excluding carboxylic acids is 1. The Morgan fingerprint density at radius 3 is 2.02 bits per heavy atom. The van der Waals surface area contributed by atoms with E-state index in [4.69, 9.17) is 9.47 Å². The number of ether oxygens (including phenoxy) is 2. The summed E-state index contributed by atoms with van der Waals surface area (Å²) in [5, 5.41) is 11.8. The van der Waals surface area contributed by atoms with Crippen molar-refractivity contribution in [3.8, 4) is 11.1 Å². The first-order valence-electron chi connectivity index (χ1n) is 17.2. The monoisotopic (exact) mass is 730 g/mol. The van der Waals surface area contributed by atoms with Gasteiger partial charge in [0.1, 0.15) is 5.56 Å². The van der Waals surface area contributed by atoms with E-state index in [0.29, 0.717) is 12.1 Å². The number of rotatable bonds is 11. The lowest BCUT2D eigenvalue weighted by Crippen LogP contribution is -2.44. The topological polar surface area (TPSA) is 71.0 Å². The lowest BCUT2D eigenvalue weighted by atomic mass is 9.89. The first-order valence-corrected chi connectivity index (χ1v) is 17.2. The zero-order valence-electron chi connectivity index (χ0n) is 29.3. The van der Waals surface area contributed by atoms with Gasteiger partial charge in [0.15, 0.2) is 29.6 Å². The second-order valence-electron chi connectivity index (χ2n) is 13.3. The molecule has 1 amide bonds. The number of carbonyl (C=O) groups is 1. The molecule has 1 aliphatic heterocycles. The van der Waals surface area contributed by atoms with E-state index in [2.05, 4.69) is 43.2 Å². The average Bonchev–Trinajstić information content (AvgIpc) is 3.19. The van der Waals surface area contributed by atoms with Gasteiger partial charge in [-0.25, -0.2) is 22.0 Å². The molecule has 276 valence electrons. The number of halogens is 5. The molecular weight excluding hydrogens is 691 g/mol. The lowest BCUT2D eigenvalue weighted by molar-refractivity contribution is -0.276. The van der Waals surface area contributed by atoms with E-state index in [9.17, 15) is 31.9 Å². The highest BCUT2D eigenvalue weighted by Crippen LogP contribution is 2.42. The van der Waals surface area contributed by atoms with Crippen molar-refractivity contribution < 1.29 is 41.3 Å². The second-order valence-corrected chi connectivity index (χ2v) is 13.3. The Hall–Kier alpha value is -4.94. The van der Waals surface area contributed by atoms with Crippen molar-refractivity contribution in [3.05, 3.63) is 166 Å². The molecule has 0 bridgehead atoms. The van der Waals surface area contributed by atoms with Crippen molar-refractivity contribution >= 4 is 5.91 Å². The molecule has 1 saturated heterocycles. The zero-order valence-corrected chi connectivity index (χ0v) is 29.3. The maximum atomic E-state index is 14.1. The minimum atomic E-state index is -2.33. The van der Waals surface area contributed by atoms with Gasteiger partial charge in [0, 0.05) is 30.6 Å². The molecule has 1 heterocycles. The average molecular weight is 731 g/mol. The molecule has 0 spiro atoms. The molecule has 5 aromatic carbocycles. The van der Waals surface area contributed by atoms with Crippen LogP contribution in [0.1, 0.15) is 70.5 Å². The van der Waals surface area contributed by atoms with Gasteiger partial charge in [-0.15, -0.1) is 0 Å². The van der Waals surface area contributed by atoms with Crippen LogP contribution in [0.5, 0.6) is 0 Å². The van der Waals surface area contributed by atoms with Crippen LogP contribution in [0.3, 0.4) is 0 Å². The number of hydrogen-bond acceptors (Lipinski definition) is 5. The van der Waals surface area contributed by atoms with Gasteiger partial charge in [0.05, 0.1) is 18.8 Å². The van der Waals surface area contributed by atoms with Gasteiger partial charge >= 0.3 is 0 Å². The van der Waals surface area contributed by atoms with Gasteiger partial charge in [-0.3, -0.25) is 9.69 Å². The van der Waals surface area contributed by atoms with Crippen LogP contribution in [-0.4, -0.2) is 35.6 Å². The van der Waals surface area contributed by atoms with Gasteiger partial charge in [0.2, 0.25) is 5.82 Å². The summed E-state index contributed by atoms with van der Waals surface area (Å²) >= 11 is 0. The van der Waals surface area contributed by atoms with E-state index in [0.717, 1.165) is 27.8 Å². The number of benzene rings is 5. The van der Waals surface area contributed by atoms with Crippen LogP contribution in [0.15, 0.2) is 103 Å². The summed E-state index contributed by atoms with van der Waals surface area (Å²) in [6.07, 6.45) is -1.16. The highest BCUT2D eigenvalue weighted by Gasteiger charge is 2.39. The molecule has 11 heteroatoms. The first kappa shape index (κ1) is 37.8. The van der Waals surface area contributed by atoms with Crippen molar-refractivity contribution in [1.82, 2.24) is 10.2 Å². The third-order valence-corrected chi connectivity index (χ3v) is 9.87. The van der Waals surface area contributed by atoms with E-state index in [-0.39, 0.29) is 37.3 Å². The summed E-state index contributed by atoms with van der Waals surface area (Å²) in [6, 6.07) is 32.7. The summed E-state index contributed by atoms with van der Waals surface area (Å²) in [5.41, 5.74) is 4.35. The number of amides is 1. The Balaban J connectivity index is 1.19. The quantitative estimate of drug-likeness (QED) is 0.0807. The molecule has 1 fully saturated rings. The molecule has 53 heavy (non-hydrogen) atoms. The Bertz CT molecular complexity index is 2020. The van der Waals surface area contributed by atoms with Crippen molar-refractivity contribution in [1.29, 1.82) is 0 Å². The van der Waals surface area contributed by atoms with E-state index >= 15 is 0 Å². The Kier molecular flexibility index (Phi) is 11.7. The molecular formula is C42H39F5N2O4. The van der Waals surface area contributed by atoms with Gasteiger partial charge < -0.3 is 19.9 Å². The number of nitrogens with zero attached hydrogens (tertiary/aromatic N) is 1. The van der Waals surface area contributed by atoms with Crippen molar-refractivity contribution in [2.75, 3.05) is 13.6 Å². The summed E-state index contributed by atoms with van der Waals surface area (Å²) in [4.78, 5) is 14.7. The number of hydrogen-bond donors (Lipinski definition) is 2. The largest absolute Gasteiger partial charge is 0.392 e. The highest BCUT2D eigenvalue weighted by molar-refractivity contribution is 5.94. The van der Waals surface area contributed by atoms with Gasteiger partial charge in [-0.1, -0.05) is 104 Å². The van der Waals surface area contributed by atoms with Crippen LogP contribution in [-0.2, 0) is 22.6 Å². The molecule has 6 rings (SSSR count). The van der Waals surface area contributed by atoms with Gasteiger partial charge in [0.25, 0.3) is 5.91 Å². The molecule has 2 N–H and O–H groups in total. The van der Waals surface area contributed by atoms with E-state index < -0.39 is 46.8 Å². The van der Waals surface area contributed by atoms with Gasteiger partial charge in [-0.2, -0.15) is 0 Å². The molecule has 0 aromatic heterocycles. The number of aliphatic hydroxyl groups excluding tert-OH is 1. The van der Waals surface area contributed by atoms with Crippen molar-refractivity contribution in [2.45, 2.75) is 51.5 Å². The summed E-state index contributed by atoms with van der Waals surface area (Å²) in [5.74, 6) is -12.5. The standard InChI is InChI=1S/C42H39F5N2O4/c1-24-33(22-49(3)25(2)28-9-5-4-6-10-28)52-42(53-40(24)30-14-12-26(23-50)13-15-30)31-18-16-29(17-19-31)32-11-7-8-27(20-32)21-48-41(51)34-35(43)37(45)39(47)38(46)36(34)44/h4-20,24-25,33,40,42,50H,21-23H2,1-3H3,(H,48,51)/t24-,25-,33+,40+,42+/m0/s1. The predicted molar refractivity (Wildman–Crippen MR) is 190 cm³/mol. The molecule has 0 aliphatic carbocycles. The third-order valence-electron chi connectivity index (χ3n) is 9.87. The van der Waals surface area contributed by atoms with Crippen LogP contribution >= 0.6 is 0 Å². The molecule has 0 radical (unpaired) electrons. The minimum absolute atomic E-state index is 0.00626. The normalized spacial score (nSPS) is 19.3. The second kappa shape index (κ2) is 16.4. The Morgan fingerprint density at radius 1 is 0.755 bits per heavy atom. The Morgan fingerprint density at radius 2 is 1.38 bits per heavy atom. The highest BCUT2D eigenvalue weighted by atomic mass is 19.2. The minimum Gasteiger partial charge on any atom is -0.392 e. The Labute approximate surface area is 304 Å². The first-order chi connectivity index (χ1) is 25.5. The van der Waals surface area contributed by atoms with E-state index in [1.54, 1.807) is 18.2 Å². The van der Waals surface area contributed by atoms with Crippen LogP contribution < -0.4 is 5.32 Å². The lowest BCUT2D eigenvalue weighted by Gasteiger charge is -2.43. The fraction of sp³-hybridized carbons (Fsp3) is 0.262. The molecule has 0 unspecified atom stereocenters. The van der Waals surface area contributed by atoms with Crippen LogP contribution in [0.2, 0.25) is 0 Å². The molecule has 0 saturated carbocycles. The van der Waals surface area contributed by atoms with Crippen molar-refractivity contribution in [2.24, 2.45) is 5.92 Å². The number of nitrogens with one attached hydrogen (secondary N) is 1. The summed E-state index contributed by atoms with van der Waals surface area (Å²) in [6.45, 7) is 4.64. The molecule has 5 aromatic rings. The van der Waals surface area contributed by atoms with E-state index in [1.807, 2.05) is 72.8 Å². The number of aliphatic hydroxyl groups is 1.